The standard InChI is InChI=1S/C8H16N2O3/c9-8(10-11)2-4-13-6-7-1-3-12-5-7/h7,11H,1-6H2,(H2,9,10). The monoisotopic (exact) mass is 188 g/mol. The highest BCUT2D eigenvalue weighted by molar-refractivity contribution is 5.79. The summed E-state index contributed by atoms with van der Waals surface area (Å²) in [7, 11) is 0. The molecule has 1 aliphatic rings. The van der Waals surface area contributed by atoms with E-state index in [-0.39, 0.29) is 5.84 Å². The molecule has 0 aliphatic carbocycles. The number of hydrogen-bond acceptors (Lipinski definition) is 4. The van der Waals surface area contributed by atoms with Gasteiger partial charge in [0.25, 0.3) is 0 Å². The van der Waals surface area contributed by atoms with Gasteiger partial charge in [-0.05, 0) is 6.42 Å². The van der Waals surface area contributed by atoms with Crippen LogP contribution >= 0.6 is 0 Å². The topological polar surface area (TPSA) is 77.1 Å². The zero-order valence-electron chi connectivity index (χ0n) is 7.61. The van der Waals surface area contributed by atoms with Crippen LogP contribution in [0.2, 0.25) is 0 Å². The lowest BCUT2D eigenvalue weighted by molar-refractivity contribution is 0.0940. The van der Waals surface area contributed by atoms with Gasteiger partial charge in [-0.25, -0.2) is 0 Å². The molecule has 1 unspecified atom stereocenters. The number of rotatable bonds is 5. The van der Waals surface area contributed by atoms with Crippen LogP contribution in [-0.2, 0) is 9.47 Å². The van der Waals surface area contributed by atoms with E-state index in [1.54, 1.807) is 0 Å². The van der Waals surface area contributed by atoms with Crippen LogP contribution in [0.4, 0.5) is 0 Å². The summed E-state index contributed by atoms with van der Waals surface area (Å²) in [5, 5.41) is 11.1. The summed E-state index contributed by atoms with van der Waals surface area (Å²) in [4.78, 5) is 0. The predicted molar refractivity (Wildman–Crippen MR) is 47.8 cm³/mol. The SMILES string of the molecule is N/C(CCOCC1CCOC1)=N/O. The van der Waals surface area contributed by atoms with Gasteiger partial charge in [-0.15, -0.1) is 0 Å². The molecule has 0 bridgehead atoms. The van der Waals surface area contributed by atoms with E-state index >= 15 is 0 Å². The number of hydrogen-bond donors (Lipinski definition) is 2. The Hall–Kier alpha value is -0.810. The lowest BCUT2D eigenvalue weighted by atomic mass is 10.1. The molecule has 5 nitrogen and oxygen atoms in total. The maximum Gasteiger partial charge on any atom is 0.141 e. The van der Waals surface area contributed by atoms with Crippen molar-refractivity contribution in [3.05, 3.63) is 0 Å². The van der Waals surface area contributed by atoms with E-state index in [2.05, 4.69) is 5.16 Å². The molecule has 0 aromatic heterocycles. The van der Waals surface area contributed by atoms with Crippen molar-refractivity contribution in [3.63, 3.8) is 0 Å². The molecule has 0 radical (unpaired) electrons. The number of nitrogens with two attached hydrogens (primary N) is 1. The van der Waals surface area contributed by atoms with Gasteiger partial charge in [-0.3, -0.25) is 0 Å². The Morgan fingerprint density at radius 3 is 3.15 bits per heavy atom. The Labute approximate surface area is 77.5 Å². The van der Waals surface area contributed by atoms with Gasteiger partial charge in [0.15, 0.2) is 0 Å². The number of nitrogens with zero attached hydrogens (tertiary/aromatic N) is 1. The summed E-state index contributed by atoms with van der Waals surface area (Å²) < 4.78 is 10.5. The molecule has 0 spiro atoms. The minimum atomic E-state index is 0.211. The Kier molecular flexibility index (Phi) is 4.56. The van der Waals surface area contributed by atoms with E-state index in [0.717, 1.165) is 19.6 Å². The number of ether oxygens (including phenoxy) is 2. The minimum absolute atomic E-state index is 0.211. The molecule has 5 heteroatoms. The van der Waals surface area contributed by atoms with Gasteiger partial charge >= 0.3 is 0 Å². The minimum Gasteiger partial charge on any atom is -0.409 e. The molecule has 1 atom stereocenters. The molecule has 1 rings (SSSR count). The molecule has 0 aromatic carbocycles. The lowest BCUT2D eigenvalue weighted by Gasteiger charge is -2.07. The van der Waals surface area contributed by atoms with Crippen molar-refractivity contribution >= 4 is 5.84 Å². The molecular weight excluding hydrogens is 172 g/mol. The van der Waals surface area contributed by atoms with Gasteiger partial charge in [0.2, 0.25) is 0 Å². The van der Waals surface area contributed by atoms with Crippen LogP contribution in [0.3, 0.4) is 0 Å². The molecule has 1 aliphatic heterocycles. The quantitative estimate of drug-likeness (QED) is 0.212. The first-order valence-corrected chi connectivity index (χ1v) is 4.45. The fraction of sp³-hybridized carbons (Fsp3) is 0.875. The molecule has 0 amide bonds. The summed E-state index contributed by atoms with van der Waals surface area (Å²) in [6, 6.07) is 0. The largest absolute Gasteiger partial charge is 0.409 e. The highest BCUT2D eigenvalue weighted by Crippen LogP contribution is 2.12. The predicted octanol–water partition coefficient (Wildman–Crippen LogP) is 0.176. The van der Waals surface area contributed by atoms with Crippen molar-refractivity contribution in [2.75, 3.05) is 26.4 Å². The van der Waals surface area contributed by atoms with E-state index in [0.29, 0.717) is 25.6 Å². The van der Waals surface area contributed by atoms with E-state index in [1.807, 2.05) is 0 Å². The zero-order chi connectivity index (χ0) is 9.52. The molecule has 3 N–H and O–H groups in total. The molecule has 0 saturated carbocycles. The van der Waals surface area contributed by atoms with Crippen molar-refractivity contribution in [1.29, 1.82) is 0 Å². The fourth-order valence-corrected chi connectivity index (χ4v) is 1.19. The van der Waals surface area contributed by atoms with Gasteiger partial charge in [0.05, 0.1) is 19.8 Å². The van der Waals surface area contributed by atoms with Crippen LogP contribution in [0.25, 0.3) is 0 Å². The fourth-order valence-electron chi connectivity index (χ4n) is 1.19. The third kappa shape index (κ3) is 4.10. The Morgan fingerprint density at radius 2 is 2.54 bits per heavy atom. The molecular formula is C8H16N2O3. The summed E-state index contributed by atoms with van der Waals surface area (Å²) in [6.45, 7) is 2.85. The van der Waals surface area contributed by atoms with Gasteiger partial charge in [-0.2, -0.15) is 0 Å². The lowest BCUT2D eigenvalue weighted by Crippen LogP contribution is -2.16. The number of amidine groups is 1. The van der Waals surface area contributed by atoms with Gasteiger partial charge in [0.1, 0.15) is 5.84 Å². The zero-order valence-corrected chi connectivity index (χ0v) is 7.61. The Bertz CT molecular complexity index is 167. The summed E-state index contributed by atoms with van der Waals surface area (Å²) in [5.41, 5.74) is 5.26. The van der Waals surface area contributed by atoms with Crippen molar-refractivity contribution in [3.8, 4) is 0 Å². The van der Waals surface area contributed by atoms with Crippen molar-refractivity contribution in [2.24, 2.45) is 16.8 Å². The second-order valence-electron chi connectivity index (χ2n) is 3.15. The van der Waals surface area contributed by atoms with Gasteiger partial charge in [0, 0.05) is 18.9 Å². The smallest absolute Gasteiger partial charge is 0.141 e. The molecule has 76 valence electrons. The van der Waals surface area contributed by atoms with Crippen LogP contribution in [0.5, 0.6) is 0 Å². The van der Waals surface area contributed by atoms with E-state index < -0.39 is 0 Å². The first-order valence-electron chi connectivity index (χ1n) is 4.45. The highest BCUT2D eigenvalue weighted by Gasteiger charge is 2.15. The number of oxime groups is 1. The first kappa shape index (κ1) is 10.3. The average molecular weight is 188 g/mol. The van der Waals surface area contributed by atoms with Crippen LogP contribution in [-0.4, -0.2) is 37.5 Å². The van der Waals surface area contributed by atoms with Gasteiger partial charge < -0.3 is 20.4 Å². The van der Waals surface area contributed by atoms with Crippen LogP contribution in [0, 0.1) is 5.92 Å². The van der Waals surface area contributed by atoms with E-state index in [4.69, 9.17) is 20.4 Å². The normalized spacial score (nSPS) is 23.7. The van der Waals surface area contributed by atoms with Crippen LogP contribution in [0.15, 0.2) is 5.16 Å². The second-order valence-corrected chi connectivity index (χ2v) is 3.15. The van der Waals surface area contributed by atoms with Crippen molar-refractivity contribution < 1.29 is 14.7 Å². The van der Waals surface area contributed by atoms with Crippen molar-refractivity contribution in [2.45, 2.75) is 12.8 Å². The third-order valence-corrected chi connectivity index (χ3v) is 2.01. The summed E-state index contributed by atoms with van der Waals surface area (Å²) >= 11 is 0. The highest BCUT2D eigenvalue weighted by atomic mass is 16.5. The molecule has 13 heavy (non-hydrogen) atoms. The maximum absolute atomic E-state index is 8.23. The molecule has 1 heterocycles. The maximum atomic E-state index is 8.23. The second kappa shape index (κ2) is 5.77. The van der Waals surface area contributed by atoms with E-state index in [9.17, 15) is 0 Å². The van der Waals surface area contributed by atoms with Gasteiger partial charge in [-0.1, -0.05) is 5.16 Å². The Balaban J connectivity index is 1.94. The first-order chi connectivity index (χ1) is 6.33. The molecule has 0 aromatic rings. The van der Waals surface area contributed by atoms with Crippen LogP contribution < -0.4 is 5.73 Å². The Morgan fingerprint density at radius 1 is 1.69 bits per heavy atom. The third-order valence-electron chi connectivity index (χ3n) is 2.01. The molecule has 1 saturated heterocycles. The van der Waals surface area contributed by atoms with Crippen molar-refractivity contribution in [1.82, 2.24) is 0 Å². The van der Waals surface area contributed by atoms with Crippen LogP contribution in [0.1, 0.15) is 12.8 Å². The molecule has 1 fully saturated rings. The average Bonchev–Trinajstić information content (AvgIpc) is 2.64. The summed E-state index contributed by atoms with van der Waals surface area (Å²) in [5.74, 6) is 0.731. The summed E-state index contributed by atoms with van der Waals surface area (Å²) in [6.07, 6.45) is 1.55. The van der Waals surface area contributed by atoms with E-state index in [1.165, 1.54) is 0 Å².